The molecule has 0 radical (unpaired) electrons. The molecule has 1 aromatic rings. The summed E-state index contributed by atoms with van der Waals surface area (Å²) in [7, 11) is 0. The number of carbonyl (C=O) groups is 1. The summed E-state index contributed by atoms with van der Waals surface area (Å²) in [6.07, 6.45) is 1.80. The minimum absolute atomic E-state index is 0.00206. The van der Waals surface area contributed by atoms with Crippen molar-refractivity contribution in [1.29, 1.82) is 0 Å². The van der Waals surface area contributed by atoms with Gasteiger partial charge in [0.25, 0.3) is 0 Å². The molecule has 5 heteroatoms. The molecule has 0 aliphatic carbocycles. The second-order valence-electron chi connectivity index (χ2n) is 4.30. The molecule has 2 N–H and O–H groups in total. The highest BCUT2D eigenvalue weighted by atomic mass is 16.5. The lowest BCUT2D eigenvalue weighted by Gasteiger charge is -2.23. The Bertz CT molecular complexity index is 467. The molecular weight excluding hydrogens is 246 g/mol. The molecule has 1 aromatic carbocycles. The molecule has 1 amide bonds. The van der Waals surface area contributed by atoms with E-state index in [-0.39, 0.29) is 13.2 Å². The van der Waals surface area contributed by atoms with E-state index in [0.29, 0.717) is 13.1 Å². The monoisotopic (exact) mass is 263 g/mol. The van der Waals surface area contributed by atoms with Crippen LogP contribution in [-0.2, 0) is 0 Å². The van der Waals surface area contributed by atoms with E-state index in [9.17, 15) is 4.79 Å². The number of amides is 1. The van der Waals surface area contributed by atoms with Gasteiger partial charge in [-0.25, -0.2) is 4.79 Å². The summed E-state index contributed by atoms with van der Waals surface area (Å²) in [5.41, 5.74) is 2.24. The highest BCUT2D eigenvalue weighted by molar-refractivity contribution is 5.71. The molecular formula is C14H17NO4. The number of ether oxygens (including phenoxy) is 1. The van der Waals surface area contributed by atoms with Crippen LogP contribution in [0.15, 0.2) is 30.3 Å². The molecule has 0 fully saturated rings. The number of carboxylic acid groups (broad SMARTS) is 1. The number of hydrogen-bond acceptors (Lipinski definition) is 3. The van der Waals surface area contributed by atoms with E-state index in [4.69, 9.17) is 14.9 Å². The van der Waals surface area contributed by atoms with Gasteiger partial charge in [-0.1, -0.05) is 18.2 Å². The fraction of sp³-hybridized carbons (Fsp3) is 0.357. The predicted molar refractivity (Wildman–Crippen MR) is 71.2 cm³/mol. The molecule has 102 valence electrons. The summed E-state index contributed by atoms with van der Waals surface area (Å²) in [4.78, 5) is 12.2. The van der Waals surface area contributed by atoms with Crippen molar-refractivity contribution in [1.82, 2.24) is 4.90 Å². The number of nitrogens with zero attached hydrogens (tertiary/aromatic N) is 1. The van der Waals surface area contributed by atoms with Crippen molar-refractivity contribution >= 4 is 11.7 Å². The molecule has 1 heterocycles. The van der Waals surface area contributed by atoms with Crippen LogP contribution in [0.25, 0.3) is 5.57 Å². The van der Waals surface area contributed by atoms with Crippen LogP contribution in [-0.4, -0.2) is 47.5 Å². The Kier molecular flexibility index (Phi) is 4.41. The zero-order valence-corrected chi connectivity index (χ0v) is 10.6. The third-order valence-electron chi connectivity index (χ3n) is 3.06. The van der Waals surface area contributed by atoms with Crippen LogP contribution in [0.1, 0.15) is 12.0 Å². The summed E-state index contributed by atoms with van der Waals surface area (Å²) in [6, 6.07) is 7.62. The molecule has 19 heavy (non-hydrogen) atoms. The third-order valence-corrected chi connectivity index (χ3v) is 3.06. The van der Waals surface area contributed by atoms with Crippen LogP contribution in [0.4, 0.5) is 4.79 Å². The van der Waals surface area contributed by atoms with Crippen LogP contribution >= 0.6 is 0 Å². The van der Waals surface area contributed by atoms with Gasteiger partial charge in [0, 0.05) is 13.1 Å². The van der Waals surface area contributed by atoms with Gasteiger partial charge in [0.2, 0.25) is 0 Å². The average molecular weight is 263 g/mol. The van der Waals surface area contributed by atoms with Crippen molar-refractivity contribution in [2.75, 3.05) is 26.3 Å². The lowest BCUT2D eigenvalue weighted by atomic mass is 10.00. The van der Waals surface area contributed by atoms with Crippen LogP contribution in [0.5, 0.6) is 5.75 Å². The van der Waals surface area contributed by atoms with Gasteiger partial charge >= 0.3 is 6.09 Å². The maximum atomic E-state index is 10.8. The van der Waals surface area contributed by atoms with E-state index < -0.39 is 6.09 Å². The molecule has 0 bridgehead atoms. The summed E-state index contributed by atoms with van der Waals surface area (Å²) in [5, 5.41) is 17.5. The van der Waals surface area contributed by atoms with Crippen molar-refractivity contribution in [3.8, 4) is 5.75 Å². The number of rotatable bonds is 4. The molecule has 0 atom stereocenters. The Morgan fingerprint density at radius 1 is 1.32 bits per heavy atom. The van der Waals surface area contributed by atoms with E-state index >= 15 is 0 Å². The summed E-state index contributed by atoms with van der Waals surface area (Å²) >= 11 is 0. The maximum absolute atomic E-state index is 10.8. The molecule has 1 aliphatic rings. The minimum atomic E-state index is -0.872. The molecule has 0 spiro atoms. The van der Waals surface area contributed by atoms with Gasteiger partial charge in [-0.15, -0.1) is 0 Å². The first kappa shape index (κ1) is 13.4. The highest BCUT2D eigenvalue weighted by Gasteiger charge is 2.16. The quantitative estimate of drug-likeness (QED) is 0.869. The van der Waals surface area contributed by atoms with Crippen molar-refractivity contribution in [3.63, 3.8) is 0 Å². The van der Waals surface area contributed by atoms with Crippen molar-refractivity contribution in [2.45, 2.75) is 6.42 Å². The standard InChI is InChI=1S/C14H17NO4/c16-9-10-19-13-3-1-11(2-4-13)12-5-7-15(8-6-12)14(17)18/h1-5,16H,6-10H2,(H,17,18). The summed E-state index contributed by atoms with van der Waals surface area (Å²) < 4.78 is 5.29. The van der Waals surface area contributed by atoms with Gasteiger partial charge in [0.05, 0.1) is 6.61 Å². The first-order valence-electron chi connectivity index (χ1n) is 6.21. The van der Waals surface area contributed by atoms with E-state index in [1.165, 1.54) is 4.90 Å². The van der Waals surface area contributed by atoms with E-state index in [2.05, 4.69) is 0 Å². The molecule has 1 aliphatic heterocycles. The molecule has 0 saturated carbocycles. The maximum Gasteiger partial charge on any atom is 0.407 e. The Balaban J connectivity index is 2.01. The van der Waals surface area contributed by atoms with Crippen LogP contribution in [0.3, 0.4) is 0 Å². The van der Waals surface area contributed by atoms with Gasteiger partial charge < -0.3 is 19.8 Å². The van der Waals surface area contributed by atoms with Gasteiger partial charge in [-0.3, -0.25) is 0 Å². The van der Waals surface area contributed by atoms with Crippen LogP contribution < -0.4 is 4.74 Å². The summed E-state index contributed by atoms with van der Waals surface area (Å²) in [5.74, 6) is 0.723. The smallest absolute Gasteiger partial charge is 0.407 e. The number of aliphatic hydroxyl groups is 1. The number of aliphatic hydroxyl groups excluding tert-OH is 1. The van der Waals surface area contributed by atoms with Crippen LogP contribution in [0, 0.1) is 0 Å². The molecule has 0 unspecified atom stereocenters. The predicted octanol–water partition coefficient (Wildman–Crippen LogP) is 1.82. The summed E-state index contributed by atoms with van der Waals surface area (Å²) in [6.45, 7) is 1.25. The number of benzene rings is 1. The van der Waals surface area contributed by atoms with Crippen LogP contribution in [0.2, 0.25) is 0 Å². The normalized spacial score (nSPS) is 15.0. The average Bonchev–Trinajstić information content (AvgIpc) is 2.46. The van der Waals surface area contributed by atoms with Crippen molar-refractivity contribution in [2.24, 2.45) is 0 Å². The Morgan fingerprint density at radius 2 is 2.05 bits per heavy atom. The molecule has 5 nitrogen and oxygen atoms in total. The van der Waals surface area contributed by atoms with Crippen molar-refractivity contribution in [3.05, 3.63) is 35.9 Å². The molecule has 0 aromatic heterocycles. The molecule has 2 rings (SSSR count). The first-order chi connectivity index (χ1) is 9.20. The fourth-order valence-electron chi connectivity index (χ4n) is 2.03. The van der Waals surface area contributed by atoms with Gasteiger partial charge in [0.15, 0.2) is 0 Å². The zero-order chi connectivity index (χ0) is 13.7. The minimum Gasteiger partial charge on any atom is -0.491 e. The lowest BCUT2D eigenvalue weighted by Crippen LogP contribution is -2.33. The topological polar surface area (TPSA) is 70.0 Å². The second-order valence-corrected chi connectivity index (χ2v) is 4.30. The highest BCUT2D eigenvalue weighted by Crippen LogP contribution is 2.24. The Hall–Kier alpha value is -2.01. The van der Waals surface area contributed by atoms with E-state index in [0.717, 1.165) is 23.3 Å². The second kappa shape index (κ2) is 6.24. The van der Waals surface area contributed by atoms with E-state index in [1.807, 2.05) is 30.3 Å². The SMILES string of the molecule is O=C(O)N1CC=C(c2ccc(OCCO)cc2)CC1. The number of hydrogen-bond donors (Lipinski definition) is 2. The van der Waals surface area contributed by atoms with Crippen molar-refractivity contribution < 1.29 is 19.7 Å². The first-order valence-corrected chi connectivity index (χ1v) is 6.21. The van der Waals surface area contributed by atoms with Gasteiger partial charge in [-0.2, -0.15) is 0 Å². The van der Waals surface area contributed by atoms with Gasteiger partial charge in [0.1, 0.15) is 12.4 Å². The fourth-order valence-corrected chi connectivity index (χ4v) is 2.03. The van der Waals surface area contributed by atoms with E-state index in [1.54, 1.807) is 0 Å². The zero-order valence-electron chi connectivity index (χ0n) is 10.6. The lowest BCUT2D eigenvalue weighted by molar-refractivity contribution is 0.150. The third kappa shape index (κ3) is 3.48. The Morgan fingerprint density at radius 3 is 2.58 bits per heavy atom. The van der Waals surface area contributed by atoms with Gasteiger partial charge in [-0.05, 0) is 29.7 Å². The molecule has 0 saturated heterocycles. The largest absolute Gasteiger partial charge is 0.491 e. The Labute approximate surface area is 111 Å².